The summed E-state index contributed by atoms with van der Waals surface area (Å²) in [5.74, 6) is -0.789. The van der Waals surface area contributed by atoms with Gasteiger partial charge in [-0.05, 0) is 37.5 Å². The molecule has 0 saturated carbocycles. The summed E-state index contributed by atoms with van der Waals surface area (Å²) < 4.78 is 5.45. The quantitative estimate of drug-likeness (QED) is 0.815. The zero-order valence-electron chi connectivity index (χ0n) is 11.1. The third-order valence-corrected chi connectivity index (χ3v) is 2.52. The summed E-state index contributed by atoms with van der Waals surface area (Å²) in [5, 5.41) is 9.21. The first-order chi connectivity index (χ1) is 8.36. The van der Waals surface area contributed by atoms with Gasteiger partial charge in [0.05, 0.1) is 11.7 Å². The highest BCUT2D eigenvalue weighted by Gasteiger charge is 2.19. The third-order valence-electron chi connectivity index (χ3n) is 2.52. The van der Waals surface area contributed by atoms with Crippen molar-refractivity contribution in [2.45, 2.75) is 39.7 Å². The maximum absolute atomic E-state index is 11.3. The Hall–Kier alpha value is -1.84. The summed E-state index contributed by atoms with van der Waals surface area (Å²) in [6.45, 7) is 7.46. The molecule has 0 fully saturated rings. The molecule has 4 heteroatoms. The average Bonchev–Trinajstić information content (AvgIpc) is 2.27. The van der Waals surface area contributed by atoms with E-state index in [0.29, 0.717) is 6.29 Å². The second-order valence-electron chi connectivity index (χ2n) is 4.73. The Morgan fingerprint density at radius 1 is 1.28 bits per heavy atom. The van der Waals surface area contributed by atoms with Gasteiger partial charge in [0, 0.05) is 0 Å². The van der Waals surface area contributed by atoms with Crippen molar-refractivity contribution < 1.29 is 19.4 Å². The van der Waals surface area contributed by atoms with Gasteiger partial charge in [0.15, 0.2) is 6.29 Å². The first kappa shape index (κ1) is 14.2. The number of carboxylic acid groups (broad SMARTS) is 1. The van der Waals surface area contributed by atoms with Crippen LogP contribution in [-0.2, 0) is 0 Å². The lowest BCUT2D eigenvalue weighted by Gasteiger charge is -2.17. The number of hydrogen-bond donors (Lipinski definition) is 1. The number of hydrogen-bond acceptors (Lipinski definition) is 3. The van der Waals surface area contributed by atoms with Crippen LogP contribution in [0, 0.1) is 0 Å². The van der Waals surface area contributed by atoms with Crippen molar-refractivity contribution in [1.82, 2.24) is 0 Å². The van der Waals surface area contributed by atoms with E-state index in [-0.39, 0.29) is 28.9 Å². The number of aromatic carboxylic acids is 1. The van der Waals surface area contributed by atoms with E-state index < -0.39 is 5.97 Å². The Labute approximate surface area is 107 Å². The number of carboxylic acids is 1. The molecule has 1 rings (SSSR count). The van der Waals surface area contributed by atoms with Crippen LogP contribution in [0.4, 0.5) is 0 Å². The van der Waals surface area contributed by atoms with Crippen LogP contribution in [0.3, 0.4) is 0 Å². The summed E-state index contributed by atoms with van der Waals surface area (Å²) >= 11 is 0. The van der Waals surface area contributed by atoms with Gasteiger partial charge in [0.25, 0.3) is 0 Å². The summed E-state index contributed by atoms with van der Waals surface area (Å²) in [7, 11) is 0. The van der Waals surface area contributed by atoms with Gasteiger partial charge >= 0.3 is 5.97 Å². The molecule has 18 heavy (non-hydrogen) atoms. The highest BCUT2D eigenvalue weighted by Crippen LogP contribution is 2.29. The van der Waals surface area contributed by atoms with Crippen molar-refractivity contribution in [3.63, 3.8) is 0 Å². The zero-order chi connectivity index (χ0) is 13.9. The molecule has 4 nitrogen and oxygen atoms in total. The molecule has 1 N–H and O–H groups in total. The summed E-state index contributed by atoms with van der Waals surface area (Å²) in [5.41, 5.74) is 1.13. The SMILES string of the molecule is CC(C)Oc1c(C=O)cc(C(C)C)cc1C(=O)O. The zero-order valence-corrected chi connectivity index (χ0v) is 11.1. The molecule has 0 aromatic heterocycles. The minimum absolute atomic E-state index is 0.0389. The predicted molar refractivity (Wildman–Crippen MR) is 68.6 cm³/mol. The maximum Gasteiger partial charge on any atom is 0.339 e. The monoisotopic (exact) mass is 250 g/mol. The lowest BCUT2D eigenvalue weighted by molar-refractivity contribution is 0.0690. The van der Waals surface area contributed by atoms with Crippen LogP contribution in [0.1, 0.15) is 59.9 Å². The predicted octanol–water partition coefficient (Wildman–Crippen LogP) is 3.11. The molecule has 0 amide bonds. The van der Waals surface area contributed by atoms with E-state index in [1.54, 1.807) is 26.0 Å². The molecular weight excluding hydrogens is 232 g/mol. The fourth-order valence-electron chi connectivity index (χ4n) is 1.62. The normalized spacial score (nSPS) is 10.8. The molecule has 0 spiro atoms. The van der Waals surface area contributed by atoms with E-state index in [0.717, 1.165) is 5.56 Å². The number of benzene rings is 1. The van der Waals surface area contributed by atoms with Gasteiger partial charge in [-0.1, -0.05) is 13.8 Å². The third kappa shape index (κ3) is 3.09. The van der Waals surface area contributed by atoms with Gasteiger partial charge in [-0.15, -0.1) is 0 Å². The highest BCUT2D eigenvalue weighted by atomic mass is 16.5. The van der Waals surface area contributed by atoms with Crippen LogP contribution in [0.25, 0.3) is 0 Å². The highest BCUT2D eigenvalue weighted by molar-refractivity contribution is 5.95. The van der Waals surface area contributed by atoms with Crippen molar-refractivity contribution in [3.05, 3.63) is 28.8 Å². The lowest BCUT2D eigenvalue weighted by atomic mass is 9.97. The molecule has 0 aliphatic carbocycles. The van der Waals surface area contributed by atoms with Crippen molar-refractivity contribution in [2.75, 3.05) is 0 Å². The van der Waals surface area contributed by atoms with Crippen molar-refractivity contribution >= 4 is 12.3 Å². The van der Waals surface area contributed by atoms with Gasteiger partial charge in [0.1, 0.15) is 11.3 Å². The fraction of sp³-hybridized carbons (Fsp3) is 0.429. The molecule has 1 aromatic carbocycles. The van der Waals surface area contributed by atoms with Gasteiger partial charge in [-0.3, -0.25) is 4.79 Å². The molecule has 0 aliphatic heterocycles. The Morgan fingerprint density at radius 3 is 2.28 bits per heavy atom. The van der Waals surface area contributed by atoms with Gasteiger partial charge in [-0.25, -0.2) is 4.79 Å². The van der Waals surface area contributed by atoms with Crippen LogP contribution >= 0.6 is 0 Å². The second-order valence-corrected chi connectivity index (χ2v) is 4.73. The van der Waals surface area contributed by atoms with Crippen LogP contribution in [0.2, 0.25) is 0 Å². The molecule has 0 unspecified atom stereocenters. The van der Waals surface area contributed by atoms with E-state index in [1.165, 1.54) is 0 Å². The molecule has 0 heterocycles. The molecule has 0 aliphatic rings. The molecule has 0 bridgehead atoms. The summed E-state index contributed by atoms with van der Waals surface area (Å²) in [6, 6.07) is 3.25. The number of carbonyl (C=O) groups excluding carboxylic acids is 1. The van der Waals surface area contributed by atoms with Crippen LogP contribution < -0.4 is 4.74 Å². The maximum atomic E-state index is 11.3. The topological polar surface area (TPSA) is 63.6 Å². The van der Waals surface area contributed by atoms with E-state index in [9.17, 15) is 14.7 Å². The van der Waals surface area contributed by atoms with Crippen molar-refractivity contribution in [2.24, 2.45) is 0 Å². The van der Waals surface area contributed by atoms with E-state index in [4.69, 9.17) is 4.74 Å². The number of carbonyl (C=O) groups is 2. The molecular formula is C14H18O4. The van der Waals surface area contributed by atoms with Gasteiger partial charge in [0.2, 0.25) is 0 Å². The Bertz CT molecular complexity index is 461. The molecule has 1 aromatic rings. The van der Waals surface area contributed by atoms with Crippen molar-refractivity contribution in [1.29, 1.82) is 0 Å². The Balaban J connectivity index is 3.45. The van der Waals surface area contributed by atoms with E-state index >= 15 is 0 Å². The number of aldehydes is 1. The molecule has 0 saturated heterocycles. The Kier molecular flexibility index (Phi) is 4.48. The minimum Gasteiger partial charge on any atom is -0.489 e. The first-order valence-electron chi connectivity index (χ1n) is 5.89. The number of rotatable bonds is 5. The minimum atomic E-state index is -1.09. The van der Waals surface area contributed by atoms with Crippen LogP contribution in [0.15, 0.2) is 12.1 Å². The summed E-state index contributed by atoms with van der Waals surface area (Å²) in [4.78, 5) is 22.3. The van der Waals surface area contributed by atoms with E-state index in [1.807, 2.05) is 13.8 Å². The van der Waals surface area contributed by atoms with Gasteiger partial charge < -0.3 is 9.84 Å². The first-order valence-corrected chi connectivity index (χ1v) is 5.89. The largest absolute Gasteiger partial charge is 0.489 e. The van der Waals surface area contributed by atoms with Gasteiger partial charge in [-0.2, -0.15) is 0 Å². The smallest absolute Gasteiger partial charge is 0.339 e. The van der Waals surface area contributed by atoms with Crippen molar-refractivity contribution in [3.8, 4) is 5.75 Å². The van der Waals surface area contributed by atoms with E-state index in [2.05, 4.69) is 0 Å². The standard InChI is InChI=1S/C14H18O4/c1-8(2)10-5-11(7-15)13(18-9(3)4)12(6-10)14(16)17/h5-9H,1-4H3,(H,16,17). The summed E-state index contributed by atoms with van der Waals surface area (Å²) in [6.07, 6.45) is 0.447. The molecule has 98 valence electrons. The lowest BCUT2D eigenvalue weighted by Crippen LogP contribution is -2.13. The Morgan fingerprint density at radius 2 is 1.89 bits per heavy atom. The molecule has 0 atom stereocenters. The fourth-order valence-corrected chi connectivity index (χ4v) is 1.62. The van der Waals surface area contributed by atoms with Crippen LogP contribution in [-0.4, -0.2) is 23.5 Å². The van der Waals surface area contributed by atoms with Crippen LogP contribution in [0.5, 0.6) is 5.75 Å². The molecule has 0 radical (unpaired) electrons. The number of ether oxygens (including phenoxy) is 1. The average molecular weight is 250 g/mol. The second kappa shape index (κ2) is 5.67.